The summed E-state index contributed by atoms with van der Waals surface area (Å²) >= 11 is 0. The fourth-order valence-corrected chi connectivity index (χ4v) is 4.91. The summed E-state index contributed by atoms with van der Waals surface area (Å²) in [7, 11) is 2.22. The van der Waals surface area contributed by atoms with E-state index >= 15 is 0 Å². The van der Waals surface area contributed by atoms with Crippen molar-refractivity contribution < 1.29 is 4.57 Å². The summed E-state index contributed by atoms with van der Waals surface area (Å²) in [5.74, 6) is 1.30. The molecule has 0 atom stereocenters. The van der Waals surface area contributed by atoms with Gasteiger partial charge in [0, 0.05) is 13.0 Å². The van der Waals surface area contributed by atoms with Crippen LogP contribution in [-0.4, -0.2) is 0 Å². The molecule has 3 aromatic rings. The molecule has 1 saturated carbocycles. The molecule has 0 amide bonds. The number of rotatable bonds is 3. The molecule has 146 valence electrons. The number of benzene rings is 2. The second-order valence-electron chi connectivity index (χ2n) is 9.19. The van der Waals surface area contributed by atoms with Crippen LogP contribution < -0.4 is 4.57 Å². The molecule has 0 unspecified atom stereocenters. The predicted molar refractivity (Wildman–Crippen MR) is 120 cm³/mol. The van der Waals surface area contributed by atoms with Crippen molar-refractivity contribution in [2.24, 2.45) is 7.05 Å². The van der Waals surface area contributed by atoms with E-state index in [0.29, 0.717) is 5.92 Å². The van der Waals surface area contributed by atoms with Gasteiger partial charge in [-0.1, -0.05) is 44.9 Å². The van der Waals surface area contributed by atoms with Gasteiger partial charge in [-0.2, -0.15) is 4.57 Å². The van der Waals surface area contributed by atoms with Crippen molar-refractivity contribution in [3.8, 4) is 11.3 Å². The van der Waals surface area contributed by atoms with Crippen LogP contribution in [0, 0.1) is 20.8 Å². The summed E-state index contributed by atoms with van der Waals surface area (Å²) in [4.78, 5) is 0. The summed E-state index contributed by atoms with van der Waals surface area (Å²) in [6.07, 6.45) is 5.46. The summed E-state index contributed by atoms with van der Waals surface area (Å²) in [5, 5.41) is 2.73. The number of hydrogen-bond acceptors (Lipinski definition) is 0. The van der Waals surface area contributed by atoms with E-state index in [1.807, 2.05) is 0 Å². The second-order valence-corrected chi connectivity index (χ2v) is 9.19. The summed E-state index contributed by atoms with van der Waals surface area (Å²) < 4.78 is 2.39. The molecule has 0 N–H and O–H groups in total. The molecule has 0 saturated heterocycles. The zero-order chi connectivity index (χ0) is 20.0. The number of aryl methyl sites for hydroxylation is 2. The van der Waals surface area contributed by atoms with Gasteiger partial charge in [0.05, 0.1) is 10.9 Å². The molecular formula is C27H34N+. The average molecular weight is 373 g/mol. The lowest BCUT2D eigenvalue weighted by atomic mass is 9.88. The van der Waals surface area contributed by atoms with E-state index in [9.17, 15) is 0 Å². The van der Waals surface area contributed by atoms with Crippen molar-refractivity contribution in [2.75, 3.05) is 0 Å². The monoisotopic (exact) mass is 372 g/mol. The van der Waals surface area contributed by atoms with Gasteiger partial charge in [0.1, 0.15) is 7.05 Å². The number of aromatic nitrogens is 1. The fraction of sp³-hybridized carbons (Fsp3) is 0.444. The van der Waals surface area contributed by atoms with Crippen molar-refractivity contribution in [2.45, 2.75) is 72.1 Å². The normalized spacial score (nSPS) is 15.1. The van der Waals surface area contributed by atoms with Crippen LogP contribution in [0.4, 0.5) is 0 Å². The standard InChI is InChI=1S/C27H34N/c1-17(2)22-11-12-25-24(15-22)14-19(4)28(6)27(25)26-16-23(13-18(3)20(26)5)21-9-7-8-10-21/h11-17,21H,7-10H2,1-6H3/q+1. The highest BCUT2D eigenvalue weighted by Gasteiger charge is 2.24. The summed E-state index contributed by atoms with van der Waals surface area (Å²) in [6.45, 7) is 11.4. The maximum atomic E-state index is 2.50. The zero-order valence-corrected chi connectivity index (χ0v) is 18.4. The van der Waals surface area contributed by atoms with Gasteiger partial charge in [-0.15, -0.1) is 0 Å². The van der Waals surface area contributed by atoms with Gasteiger partial charge in [0.25, 0.3) is 0 Å². The third-order valence-electron chi connectivity index (χ3n) is 7.00. The smallest absolute Gasteiger partial charge is 0.198 e. The van der Waals surface area contributed by atoms with E-state index in [0.717, 1.165) is 5.92 Å². The first-order chi connectivity index (χ1) is 13.4. The third-order valence-corrected chi connectivity index (χ3v) is 7.00. The molecule has 1 aliphatic rings. The Morgan fingerprint density at radius 3 is 2.32 bits per heavy atom. The Morgan fingerprint density at radius 2 is 1.64 bits per heavy atom. The molecule has 0 bridgehead atoms. The maximum absolute atomic E-state index is 2.50. The number of hydrogen-bond donors (Lipinski definition) is 0. The highest BCUT2D eigenvalue weighted by molar-refractivity contribution is 5.94. The Hall–Kier alpha value is -2.15. The van der Waals surface area contributed by atoms with Crippen molar-refractivity contribution in [3.63, 3.8) is 0 Å². The van der Waals surface area contributed by atoms with Crippen LogP contribution in [0.2, 0.25) is 0 Å². The van der Waals surface area contributed by atoms with Gasteiger partial charge in [-0.25, -0.2) is 0 Å². The van der Waals surface area contributed by atoms with Crippen molar-refractivity contribution >= 4 is 10.8 Å². The van der Waals surface area contributed by atoms with Gasteiger partial charge < -0.3 is 0 Å². The van der Waals surface area contributed by atoms with Crippen LogP contribution in [-0.2, 0) is 7.05 Å². The molecule has 1 heterocycles. The van der Waals surface area contributed by atoms with Crippen LogP contribution in [0.15, 0.2) is 36.4 Å². The first-order valence-corrected chi connectivity index (χ1v) is 10.9. The Balaban J connectivity index is 1.99. The Labute approximate surface area is 170 Å². The molecule has 2 aromatic carbocycles. The van der Waals surface area contributed by atoms with E-state index in [4.69, 9.17) is 0 Å². The average Bonchev–Trinajstić information content (AvgIpc) is 3.20. The molecule has 0 radical (unpaired) electrons. The third kappa shape index (κ3) is 3.26. The Kier molecular flexibility index (Phi) is 5.04. The zero-order valence-electron chi connectivity index (χ0n) is 18.4. The first kappa shape index (κ1) is 19.2. The minimum atomic E-state index is 0.553. The predicted octanol–water partition coefficient (Wildman–Crippen LogP) is 7.04. The molecular weight excluding hydrogens is 338 g/mol. The van der Waals surface area contributed by atoms with Gasteiger partial charge in [0.15, 0.2) is 5.69 Å². The molecule has 1 aromatic heterocycles. The molecule has 1 aliphatic carbocycles. The van der Waals surface area contributed by atoms with Crippen LogP contribution in [0.5, 0.6) is 0 Å². The highest BCUT2D eigenvalue weighted by atomic mass is 14.9. The number of nitrogens with zero attached hydrogens (tertiary/aromatic N) is 1. The maximum Gasteiger partial charge on any atom is 0.220 e. The molecule has 0 aliphatic heterocycles. The second kappa shape index (κ2) is 7.35. The van der Waals surface area contributed by atoms with E-state index in [1.165, 1.54) is 70.1 Å². The van der Waals surface area contributed by atoms with Crippen molar-refractivity contribution in [3.05, 3.63) is 64.3 Å². The van der Waals surface area contributed by atoms with Crippen LogP contribution in [0.25, 0.3) is 22.0 Å². The lowest BCUT2D eigenvalue weighted by Gasteiger charge is -2.17. The number of fused-ring (bicyclic) bond motifs is 1. The van der Waals surface area contributed by atoms with Gasteiger partial charge >= 0.3 is 0 Å². The fourth-order valence-electron chi connectivity index (χ4n) is 4.91. The molecule has 0 spiro atoms. The lowest BCUT2D eigenvalue weighted by Crippen LogP contribution is -2.35. The summed E-state index contributed by atoms with van der Waals surface area (Å²) in [5.41, 5.74) is 9.89. The minimum Gasteiger partial charge on any atom is -0.198 e. The van der Waals surface area contributed by atoms with Gasteiger partial charge in [-0.3, -0.25) is 0 Å². The summed E-state index contributed by atoms with van der Waals surface area (Å²) in [6, 6.07) is 14.3. The first-order valence-electron chi connectivity index (χ1n) is 10.9. The molecule has 1 nitrogen and oxygen atoms in total. The van der Waals surface area contributed by atoms with Crippen molar-refractivity contribution in [1.29, 1.82) is 0 Å². The van der Waals surface area contributed by atoms with Gasteiger partial charge in [-0.05, 0) is 78.3 Å². The van der Waals surface area contributed by atoms with Crippen LogP contribution in [0.1, 0.15) is 79.3 Å². The van der Waals surface area contributed by atoms with Crippen LogP contribution in [0.3, 0.4) is 0 Å². The molecule has 1 heteroatoms. The quantitative estimate of drug-likeness (QED) is 0.434. The highest BCUT2D eigenvalue weighted by Crippen LogP contribution is 2.39. The van der Waals surface area contributed by atoms with Crippen molar-refractivity contribution in [1.82, 2.24) is 0 Å². The molecule has 28 heavy (non-hydrogen) atoms. The van der Waals surface area contributed by atoms with E-state index in [1.54, 1.807) is 5.56 Å². The van der Waals surface area contributed by atoms with E-state index in [2.05, 4.69) is 82.6 Å². The Bertz CT molecular complexity index is 1040. The number of pyridine rings is 1. The van der Waals surface area contributed by atoms with Crippen LogP contribution >= 0.6 is 0 Å². The largest absolute Gasteiger partial charge is 0.220 e. The lowest BCUT2D eigenvalue weighted by molar-refractivity contribution is -0.665. The Morgan fingerprint density at radius 1 is 0.929 bits per heavy atom. The molecule has 1 fully saturated rings. The SMILES string of the molecule is Cc1cc(C2CCCC2)cc(-c2c3ccc(C(C)C)cc3cc(C)[n+]2C)c1C. The topological polar surface area (TPSA) is 3.88 Å². The van der Waals surface area contributed by atoms with Gasteiger partial charge in [0.2, 0.25) is 5.69 Å². The van der Waals surface area contributed by atoms with E-state index in [-0.39, 0.29) is 0 Å². The molecule has 4 rings (SSSR count). The van der Waals surface area contributed by atoms with E-state index < -0.39 is 0 Å². The minimum absolute atomic E-state index is 0.553.